The Bertz CT molecular complexity index is 638. The van der Waals surface area contributed by atoms with Crippen molar-refractivity contribution >= 4 is 17.5 Å². The van der Waals surface area contributed by atoms with Crippen molar-refractivity contribution in [2.75, 3.05) is 12.4 Å². The van der Waals surface area contributed by atoms with Crippen molar-refractivity contribution in [1.82, 2.24) is 4.98 Å². The Hall–Kier alpha value is -2.89. The van der Waals surface area contributed by atoms with Crippen molar-refractivity contribution in [1.29, 1.82) is 0 Å². The first-order chi connectivity index (χ1) is 9.60. The molecule has 0 fully saturated rings. The zero-order valence-corrected chi connectivity index (χ0v) is 10.8. The predicted molar refractivity (Wildman–Crippen MR) is 73.7 cm³/mol. The van der Waals surface area contributed by atoms with Crippen LogP contribution in [0.1, 0.15) is 20.7 Å². The standard InChI is InChI=1S/C14H13N3O3/c1-20-12-6-5-10(8-16-12)14(19)17-11-4-2-3-9(7-11)13(15)18/h2-8H,1H3,(H2,15,18)(H,17,19). The van der Waals surface area contributed by atoms with Crippen molar-refractivity contribution in [3.63, 3.8) is 0 Å². The van der Waals surface area contributed by atoms with Crippen molar-refractivity contribution in [3.05, 3.63) is 53.7 Å². The molecule has 20 heavy (non-hydrogen) atoms. The van der Waals surface area contributed by atoms with Crippen molar-refractivity contribution in [2.45, 2.75) is 0 Å². The van der Waals surface area contributed by atoms with Crippen molar-refractivity contribution in [3.8, 4) is 5.88 Å². The maximum absolute atomic E-state index is 12.0. The predicted octanol–water partition coefficient (Wildman–Crippen LogP) is 1.44. The third kappa shape index (κ3) is 3.11. The van der Waals surface area contributed by atoms with E-state index in [9.17, 15) is 9.59 Å². The van der Waals surface area contributed by atoms with Crippen LogP contribution in [0.4, 0.5) is 5.69 Å². The Morgan fingerprint density at radius 2 is 2.00 bits per heavy atom. The van der Waals surface area contributed by atoms with Gasteiger partial charge in [-0.25, -0.2) is 4.98 Å². The second-order valence-electron chi connectivity index (χ2n) is 3.99. The fourth-order valence-electron chi connectivity index (χ4n) is 1.59. The molecule has 0 saturated heterocycles. The smallest absolute Gasteiger partial charge is 0.257 e. The van der Waals surface area contributed by atoms with Gasteiger partial charge in [0.15, 0.2) is 0 Å². The number of benzene rings is 1. The minimum absolute atomic E-state index is 0.329. The monoisotopic (exact) mass is 271 g/mol. The molecule has 1 aromatic carbocycles. The molecular formula is C14H13N3O3. The molecule has 6 nitrogen and oxygen atoms in total. The highest BCUT2D eigenvalue weighted by Crippen LogP contribution is 2.13. The van der Waals surface area contributed by atoms with E-state index < -0.39 is 5.91 Å². The summed E-state index contributed by atoms with van der Waals surface area (Å²) in [4.78, 5) is 27.0. The third-order valence-electron chi connectivity index (χ3n) is 2.61. The molecular weight excluding hydrogens is 258 g/mol. The molecule has 0 spiro atoms. The summed E-state index contributed by atoms with van der Waals surface area (Å²) < 4.78 is 4.92. The zero-order chi connectivity index (χ0) is 14.5. The molecule has 0 bridgehead atoms. The quantitative estimate of drug-likeness (QED) is 0.879. The summed E-state index contributed by atoms with van der Waals surface area (Å²) in [7, 11) is 1.50. The lowest BCUT2D eigenvalue weighted by Crippen LogP contribution is -2.14. The average Bonchev–Trinajstić information content (AvgIpc) is 2.47. The minimum atomic E-state index is -0.549. The number of nitrogens with zero attached hydrogens (tertiary/aromatic N) is 1. The topological polar surface area (TPSA) is 94.3 Å². The molecule has 2 aromatic rings. The molecule has 6 heteroatoms. The molecule has 0 saturated carbocycles. The van der Waals surface area contributed by atoms with Gasteiger partial charge in [0.2, 0.25) is 11.8 Å². The molecule has 0 aliphatic rings. The van der Waals surface area contributed by atoms with E-state index in [2.05, 4.69) is 10.3 Å². The van der Waals surface area contributed by atoms with E-state index in [1.165, 1.54) is 19.4 Å². The number of pyridine rings is 1. The fourth-order valence-corrected chi connectivity index (χ4v) is 1.59. The first kappa shape index (κ1) is 13.5. The Morgan fingerprint density at radius 3 is 2.60 bits per heavy atom. The van der Waals surface area contributed by atoms with Gasteiger partial charge in [0.25, 0.3) is 5.91 Å². The number of carbonyl (C=O) groups excluding carboxylic acids is 2. The number of rotatable bonds is 4. The van der Waals surface area contributed by atoms with Gasteiger partial charge in [0.1, 0.15) is 0 Å². The first-order valence-electron chi connectivity index (χ1n) is 5.81. The van der Waals surface area contributed by atoms with Crippen molar-refractivity contribution < 1.29 is 14.3 Å². The van der Waals surface area contributed by atoms with Crippen LogP contribution in [-0.4, -0.2) is 23.9 Å². The lowest BCUT2D eigenvalue weighted by molar-refractivity contribution is 0.0996. The van der Waals surface area contributed by atoms with Crippen LogP contribution in [0.2, 0.25) is 0 Å². The summed E-state index contributed by atoms with van der Waals surface area (Å²) in [6.45, 7) is 0. The Kier molecular flexibility index (Phi) is 3.95. The minimum Gasteiger partial charge on any atom is -0.481 e. The molecule has 0 atom stereocenters. The number of aromatic nitrogens is 1. The molecule has 1 aromatic heterocycles. The number of amides is 2. The highest BCUT2D eigenvalue weighted by Gasteiger charge is 2.08. The summed E-state index contributed by atoms with van der Waals surface area (Å²) in [5, 5.41) is 2.66. The molecule has 0 aliphatic heterocycles. The molecule has 102 valence electrons. The number of hydrogen-bond donors (Lipinski definition) is 2. The molecule has 0 radical (unpaired) electrons. The van der Waals surface area contributed by atoms with E-state index in [0.29, 0.717) is 22.7 Å². The molecule has 3 N–H and O–H groups in total. The van der Waals surface area contributed by atoms with Gasteiger partial charge in [0.05, 0.1) is 12.7 Å². The maximum atomic E-state index is 12.0. The van der Waals surface area contributed by atoms with Gasteiger partial charge in [-0.15, -0.1) is 0 Å². The number of hydrogen-bond acceptors (Lipinski definition) is 4. The van der Waals surface area contributed by atoms with Crippen molar-refractivity contribution in [2.24, 2.45) is 5.73 Å². The van der Waals surface area contributed by atoms with Gasteiger partial charge in [0, 0.05) is 23.5 Å². The van der Waals surface area contributed by atoms with E-state index in [-0.39, 0.29) is 5.91 Å². The zero-order valence-electron chi connectivity index (χ0n) is 10.8. The normalized spacial score (nSPS) is 9.85. The van der Waals surface area contributed by atoms with Gasteiger partial charge in [-0.1, -0.05) is 6.07 Å². The van der Waals surface area contributed by atoms with Crippen LogP contribution in [0.3, 0.4) is 0 Å². The Balaban J connectivity index is 2.14. The van der Waals surface area contributed by atoms with Gasteiger partial charge >= 0.3 is 0 Å². The fraction of sp³-hybridized carbons (Fsp3) is 0.0714. The van der Waals surface area contributed by atoms with Crippen LogP contribution in [0.15, 0.2) is 42.6 Å². The van der Waals surface area contributed by atoms with E-state index in [1.54, 1.807) is 30.3 Å². The summed E-state index contributed by atoms with van der Waals surface area (Å²) >= 11 is 0. The van der Waals surface area contributed by atoms with E-state index in [4.69, 9.17) is 10.5 Å². The Morgan fingerprint density at radius 1 is 1.20 bits per heavy atom. The average molecular weight is 271 g/mol. The first-order valence-corrected chi connectivity index (χ1v) is 5.81. The van der Waals surface area contributed by atoms with E-state index in [0.717, 1.165) is 0 Å². The van der Waals surface area contributed by atoms with Crippen LogP contribution in [0.25, 0.3) is 0 Å². The van der Waals surface area contributed by atoms with Crippen LogP contribution >= 0.6 is 0 Å². The number of methoxy groups -OCH3 is 1. The van der Waals surface area contributed by atoms with Crippen LogP contribution in [0.5, 0.6) is 5.88 Å². The van der Waals surface area contributed by atoms with E-state index >= 15 is 0 Å². The lowest BCUT2D eigenvalue weighted by atomic mass is 10.2. The number of nitrogens with two attached hydrogens (primary N) is 1. The molecule has 1 heterocycles. The summed E-state index contributed by atoms with van der Waals surface area (Å²) in [6, 6.07) is 9.58. The maximum Gasteiger partial charge on any atom is 0.257 e. The molecule has 2 amide bonds. The second-order valence-corrected chi connectivity index (χ2v) is 3.99. The summed E-state index contributed by atoms with van der Waals surface area (Å²) in [6.07, 6.45) is 1.41. The van der Waals surface area contributed by atoms with E-state index in [1.807, 2.05) is 0 Å². The van der Waals surface area contributed by atoms with Gasteiger partial charge in [-0.2, -0.15) is 0 Å². The summed E-state index contributed by atoms with van der Waals surface area (Å²) in [5.74, 6) is -0.453. The number of nitrogens with one attached hydrogen (secondary N) is 1. The third-order valence-corrected chi connectivity index (χ3v) is 2.61. The van der Waals surface area contributed by atoms with Crippen LogP contribution < -0.4 is 15.8 Å². The highest BCUT2D eigenvalue weighted by atomic mass is 16.5. The number of anilines is 1. The number of primary amides is 1. The van der Waals surface area contributed by atoms with Gasteiger partial charge in [-0.3, -0.25) is 9.59 Å². The van der Waals surface area contributed by atoms with Gasteiger partial charge in [-0.05, 0) is 24.3 Å². The molecule has 2 rings (SSSR count). The molecule has 0 unspecified atom stereocenters. The van der Waals surface area contributed by atoms with Gasteiger partial charge < -0.3 is 15.8 Å². The number of carbonyl (C=O) groups is 2. The number of ether oxygens (including phenoxy) is 1. The SMILES string of the molecule is COc1ccc(C(=O)Nc2cccc(C(N)=O)c2)cn1. The lowest BCUT2D eigenvalue weighted by Gasteiger charge is -2.06. The largest absolute Gasteiger partial charge is 0.481 e. The van der Waals surface area contributed by atoms with Crippen LogP contribution in [-0.2, 0) is 0 Å². The van der Waals surface area contributed by atoms with Crippen LogP contribution in [0, 0.1) is 0 Å². The highest BCUT2D eigenvalue weighted by molar-refractivity contribution is 6.04. The summed E-state index contributed by atoms with van der Waals surface area (Å²) in [5.41, 5.74) is 6.38. The Labute approximate surface area is 115 Å². The molecule has 0 aliphatic carbocycles. The second kappa shape index (κ2) is 5.83.